The topological polar surface area (TPSA) is 67.4 Å². The van der Waals surface area contributed by atoms with Crippen molar-refractivity contribution in [3.8, 4) is 0 Å². The molecule has 0 aliphatic carbocycles. The molecule has 0 aliphatic heterocycles. The van der Waals surface area contributed by atoms with Crippen molar-refractivity contribution in [2.75, 3.05) is 13.7 Å². The van der Waals surface area contributed by atoms with Gasteiger partial charge in [0.2, 0.25) is 0 Å². The molecule has 98 valence electrons. The summed E-state index contributed by atoms with van der Waals surface area (Å²) >= 11 is 0. The van der Waals surface area contributed by atoms with Crippen LogP contribution in [0.25, 0.3) is 0 Å². The van der Waals surface area contributed by atoms with Crippen LogP contribution >= 0.6 is 0 Å². The number of nitrogens with one attached hydrogen (secondary N) is 2. The van der Waals surface area contributed by atoms with E-state index in [0.29, 0.717) is 11.1 Å². The number of methoxy groups -OCH3 is 1. The van der Waals surface area contributed by atoms with Crippen molar-refractivity contribution in [3.63, 3.8) is 0 Å². The van der Waals surface area contributed by atoms with Crippen molar-refractivity contribution < 1.29 is 14.3 Å². The molecule has 0 saturated carbocycles. The molecule has 18 heavy (non-hydrogen) atoms. The normalized spacial score (nSPS) is 9.89. The Morgan fingerprint density at radius 2 is 1.78 bits per heavy atom. The highest BCUT2D eigenvalue weighted by Crippen LogP contribution is 2.05. The van der Waals surface area contributed by atoms with Crippen molar-refractivity contribution >= 4 is 11.9 Å². The predicted molar refractivity (Wildman–Crippen MR) is 68.2 cm³/mol. The van der Waals surface area contributed by atoms with Gasteiger partial charge in [0.1, 0.15) is 0 Å². The second-order valence-electron chi connectivity index (χ2n) is 3.80. The molecule has 0 aliphatic rings. The standard InChI is InChI=1S/C13H18N2O3/c1-3-4-9-14-15-12(16)10-5-7-11(8-6-10)13(17)18-2/h5-8,14H,3-4,9H2,1-2H3,(H,15,16). The third-order valence-corrected chi connectivity index (χ3v) is 2.43. The van der Waals surface area contributed by atoms with E-state index in [4.69, 9.17) is 0 Å². The van der Waals surface area contributed by atoms with Gasteiger partial charge in [0, 0.05) is 12.1 Å². The van der Waals surface area contributed by atoms with Crippen LogP contribution in [-0.4, -0.2) is 25.5 Å². The average molecular weight is 250 g/mol. The van der Waals surface area contributed by atoms with E-state index in [1.54, 1.807) is 24.3 Å². The maximum absolute atomic E-state index is 11.7. The highest BCUT2D eigenvalue weighted by atomic mass is 16.5. The summed E-state index contributed by atoms with van der Waals surface area (Å²) in [6, 6.07) is 6.30. The molecule has 0 unspecified atom stereocenters. The zero-order chi connectivity index (χ0) is 13.4. The number of hydrazine groups is 1. The van der Waals surface area contributed by atoms with E-state index in [2.05, 4.69) is 22.5 Å². The van der Waals surface area contributed by atoms with Crippen molar-refractivity contribution in [1.29, 1.82) is 0 Å². The van der Waals surface area contributed by atoms with Crippen LogP contribution in [0.5, 0.6) is 0 Å². The average Bonchev–Trinajstić information content (AvgIpc) is 2.42. The van der Waals surface area contributed by atoms with Crippen molar-refractivity contribution in [2.24, 2.45) is 0 Å². The molecule has 5 heteroatoms. The van der Waals surface area contributed by atoms with E-state index in [9.17, 15) is 9.59 Å². The molecular formula is C13H18N2O3. The van der Waals surface area contributed by atoms with Crippen LogP contribution in [0, 0.1) is 0 Å². The highest BCUT2D eigenvalue weighted by Gasteiger charge is 2.08. The Kier molecular flexibility index (Phi) is 5.87. The first-order valence-corrected chi connectivity index (χ1v) is 5.90. The SMILES string of the molecule is CCCCNNC(=O)c1ccc(C(=O)OC)cc1. The number of unbranched alkanes of at least 4 members (excludes halogenated alkanes) is 1. The van der Waals surface area contributed by atoms with E-state index in [1.807, 2.05) is 0 Å². The molecule has 0 bridgehead atoms. The highest BCUT2D eigenvalue weighted by molar-refractivity contribution is 5.95. The number of hydrogen-bond donors (Lipinski definition) is 2. The Morgan fingerprint density at radius 3 is 2.33 bits per heavy atom. The van der Waals surface area contributed by atoms with Gasteiger partial charge in [-0.25, -0.2) is 10.2 Å². The fourth-order valence-corrected chi connectivity index (χ4v) is 1.36. The minimum atomic E-state index is -0.414. The third kappa shape index (κ3) is 4.18. The van der Waals surface area contributed by atoms with Crippen LogP contribution in [0.4, 0.5) is 0 Å². The molecule has 2 N–H and O–H groups in total. The Labute approximate surface area is 106 Å². The molecule has 0 fully saturated rings. The number of amides is 1. The summed E-state index contributed by atoms with van der Waals surface area (Å²) in [5.41, 5.74) is 6.35. The zero-order valence-corrected chi connectivity index (χ0v) is 10.7. The molecular weight excluding hydrogens is 232 g/mol. The summed E-state index contributed by atoms with van der Waals surface area (Å²) in [4.78, 5) is 22.9. The number of hydrogen-bond acceptors (Lipinski definition) is 4. The van der Waals surface area contributed by atoms with Crippen molar-refractivity contribution in [3.05, 3.63) is 35.4 Å². The molecule has 5 nitrogen and oxygen atoms in total. The van der Waals surface area contributed by atoms with Gasteiger partial charge in [-0.3, -0.25) is 10.2 Å². The Hall–Kier alpha value is -1.88. The van der Waals surface area contributed by atoms with Crippen molar-refractivity contribution in [1.82, 2.24) is 10.9 Å². The summed E-state index contributed by atoms with van der Waals surface area (Å²) in [7, 11) is 1.32. The largest absolute Gasteiger partial charge is 0.465 e. The Bertz CT molecular complexity index is 401. The van der Waals surface area contributed by atoms with E-state index >= 15 is 0 Å². The quantitative estimate of drug-likeness (QED) is 0.456. The molecule has 0 heterocycles. The molecule has 0 atom stereocenters. The van der Waals surface area contributed by atoms with Crippen LogP contribution in [0.3, 0.4) is 0 Å². The molecule has 1 aromatic carbocycles. The Morgan fingerprint density at radius 1 is 1.17 bits per heavy atom. The van der Waals surface area contributed by atoms with Crippen LogP contribution in [-0.2, 0) is 4.74 Å². The molecule has 1 rings (SSSR count). The van der Waals surface area contributed by atoms with E-state index in [0.717, 1.165) is 19.4 Å². The van der Waals surface area contributed by atoms with Crippen molar-refractivity contribution in [2.45, 2.75) is 19.8 Å². The van der Waals surface area contributed by atoms with Crippen LogP contribution < -0.4 is 10.9 Å². The fourth-order valence-electron chi connectivity index (χ4n) is 1.36. The number of ether oxygens (including phenoxy) is 1. The van der Waals surface area contributed by atoms with E-state index < -0.39 is 5.97 Å². The van der Waals surface area contributed by atoms with Crippen LogP contribution in [0.1, 0.15) is 40.5 Å². The predicted octanol–water partition coefficient (Wildman–Crippen LogP) is 1.51. The first-order valence-electron chi connectivity index (χ1n) is 5.90. The maximum atomic E-state index is 11.7. The summed E-state index contributed by atoms with van der Waals surface area (Å²) in [6.07, 6.45) is 2.07. The minimum Gasteiger partial charge on any atom is -0.465 e. The van der Waals surface area contributed by atoms with Gasteiger partial charge in [-0.15, -0.1) is 0 Å². The molecule has 1 aromatic rings. The smallest absolute Gasteiger partial charge is 0.337 e. The second-order valence-corrected chi connectivity index (χ2v) is 3.80. The summed E-state index contributed by atoms with van der Waals surface area (Å²) in [5, 5.41) is 0. The van der Waals surface area contributed by atoms with Crippen LogP contribution in [0.2, 0.25) is 0 Å². The number of esters is 1. The molecule has 1 amide bonds. The van der Waals surface area contributed by atoms with Gasteiger partial charge < -0.3 is 4.74 Å². The number of rotatable bonds is 6. The number of carbonyl (C=O) groups is 2. The zero-order valence-electron chi connectivity index (χ0n) is 10.7. The monoisotopic (exact) mass is 250 g/mol. The van der Waals surface area contributed by atoms with Crippen LogP contribution in [0.15, 0.2) is 24.3 Å². The van der Waals surface area contributed by atoms with E-state index in [-0.39, 0.29) is 5.91 Å². The first kappa shape index (κ1) is 14.2. The molecule has 0 aromatic heterocycles. The maximum Gasteiger partial charge on any atom is 0.337 e. The molecule has 0 radical (unpaired) electrons. The summed E-state index contributed by atoms with van der Waals surface area (Å²) in [6.45, 7) is 2.82. The van der Waals surface area contributed by atoms with Gasteiger partial charge in [-0.05, 0) is 30.7 Å². The summed E-state index contributed by atoms with van der Waals surface area (Å²) in [5.74, 6) is -0.634. The first-order chi connectivity index (χ1) is 8.69. The van der Waals surface area contributed by atoms with Gasteiger partial charge in [0.15, 0.2) is 0 Å². The molecule has 0 spiro atoms. The van der Waals surface area contributed by atoms with Gasteiger partial charge >= 0.3 is 5.97 Å². The van der Waals surface area contributed by atoms with Gasteiger partial charge in [-0.2, -0.15) is 0 Å². The lowest BCUT2D eigenvalue weighted by Gasteiger charge is -2.06. The lowest BCUT2D eigenvalue weighted by atomic mass is 10.1. The van der Waals surface area contributed by atoms with Gasteiger partial charge in [0.25, 0.3) is 5.91 Å². The number of benzene rings is 1. The number of carbonyl (C=O) groups excluding carboxylic acids is 2. The summed E-state index contributed by atoms with van der Waals surface area (Å²) < 4.78 is 4.58. The second kappa shape index (κ2) is 7.45. The molecule has 0 saturated heterocycles. The fraction of sp³-hybridized carbons (Fsp3) is 0.385. The Balaban J connectivity index is 2.51. The minimum absolute atomic E-state index is 0.220. The van der Waals surface area contributed by atoms with Gasteiger partial charge in [0.05, 0.1) is 12.7 Å². The van der Waals surface area contributed by atoms with Gasteiger partial charge in [-0.1, -0.05) is 13.3 Å². The lowest BCUT2D eigenvalue weighted by Crippen LogP contribution is -2.37. The lowest BCUT2D eigenvalue weighted by molar-refractivity contribution is 0.0600. The third-order valence-electron chi connectivity index (χ3n) is 2.43. The van der Waals surface area contributed by atoms with E-state index in [1.165, 1.54) is 7.11 Å².